The molecular weight excluding hydrogens is 463 g/mol. The Hall–Kier alpha value is -2.46. The fourth-order valence-corrected chi connectivity index (χ4v) is 3.17. The fourth-order valence-electron chi connectivity index (χ4n) is 1.96. The first kappa shape index (κ1) is 22.8. The van der Waals surface area contributed by atoms with Gasteiger partial charge in [-0.05, 0) is 30.3 Å². The lowest BCUT2D eigenvalue weighted by atomic mass is 10.2. The van der Waals surface area contributed by atoms with Crippen molar-refractivity contribution in [2.75, 3.05) is 5.94 Å². The van der Waals surface area contributed by atoms with E-state index in [0.717, 1.165) is 10.6 Å². The van der Waals surface area contributed by atoms with Crippen molar-refractivity contribution in [1.82, 2.24) is 14.5 Å². The minimum Gasteiger partial charge on any atom is -0.480 e. The predicted octanol–water partition coefficient (Wildman–Crippen LogP) is 5.61. The van der Waals surface area contributed by atoms with Crippen LogP contribution >= 0.6 is 46.6 Å². The van der Waals surface area contributed by atoms with Crippen molar-refractivity contribution < 1.29 is 15.0 Å². The average molecular weight is 476 g/mol. The zero-order valence-electron chi connectivity index (χ0n) is 14.5. The third kappa shape index (κ3) is 8.20. The van der Waals surface area contributed by atoms with Gasteiger partial charge in [0.2, 0.25) is 0 Å². The second-order valence-electron chi connectivity index (χ2n) is 5.09. The Morgan fingerprint density at radius 2 is 2.00 bits per heavy atom. The molecule has 0 radical (unpaired) electrons. The average Bonchev–Trinajstić information content (AvgIpc) is 3.15. The molecule has 0 atom stereocenters. The number of imidazole rings is 1. The van der Waals surface area contributed by atoms with Crippen LogP contribution in [-0.4, -0.2) is 30.8 Å². The zero-order chi connectivity index (χ0) is 21.2. The van der Waals surface area contributed by atoms with Gasteiger partial charge in [0.15, 0.2) is 0 Å². The molecule has 0 spiro atoms. The summed E-state index contributed by atoms with van der Waals surface area (Å²) in [7, 11) is 0. The van der Waals surface area contributed by atoms with Gasteiger partial charge in [-0.1, -0.05) is 46.6 Å². The molecule has 0 aliphatic rings. The van der Waals surface area contributed by atoms with Gasteiger partial charge in [0.1, 0.15) is 11.7 Å². The second-order valence-corrected chi connectivity index (χ2v) is 7.31. The lowest BCUT2D eigenvalue weighted by Gasteiger charge is -2.12. The summed E-state index contributed by atoms with van der Waals surface area (Å²) in [6.45, 7) is 0. The Morgan fingerprint density at radius 3 is 2.59 bits per heavy atom. The number of pyridine rings is 1. The highest BCUT2D eigenvalue weighted by molar-refractivity contribution is 7.99. The third-order valence-corrected chi connectivity index (χ3v) is 4.65. The molecular formula is C17H13Cl3N4O4S. The molecule has 0 aliphatic heterocycles. The Morgan fingerprint density at radius 1 is 1.28 bits per heavy atom. The first-order valence-electron chi connectivity index (χ1n) is 7.70. The van der Waals surface area contributed by atoms with Crippen LogP contribution in [0.1, 0.15) is 5.56 Å². The molecule has 2 aromatic heterocycles. The van der Waals surface area contributed by atoms with Crippen molar-refractivity contribution in [3.8, 4) is 0 Å². The Bertz CT molecular complexity index is 965. The Kier molecular flexibility index (Phi) is 9.07. The van der Waals surface area contributed by atoms with Gasteiger partial charge in [-0.3, -0.25) is 0 Å². The smallest absolute Gasteiger partial charge is 0.291 e. The maximum atomic E-state index is 8.36. The first-order valence-corrected chi connectivity index (χ1v) is 9.82. The van der Waals surface area contributed by atoms with E-state index in [1.54, 1.807) is 53.9 Å². The highest BCUT2D eigenvalue weighted by Gasteiger charge is 2.10. The van der Waals surface area contributed by atoms with E-state index < -0.39 is 5.09 Å². The molecule has 3 aromatic rings. The largest absolute Gasteiger partial charge is 0.480 e. The van der Waals surface area contributed by atoms with Crippen LogP contribution in [0.25, 0.3) is 12.0 Å². The van der Waals surface area contributed by atoms with Gasteiger partial charge in [0.25, 0.3) is 5.09 Å². The van der Waals surface area contributed by atoms with Crippen LogP contribution in [0.4, 0.5) is 0 Å². The van der Waals surface area contributed by atoms with Gasteiger partial charge < -0.3 is 14.5 Å². The second kappa shape index (κ2) is 11.5. The van der Waals surface area contributed by atoms with Crippen LogP contribution in [0, 0.1) is 10.1 Å². The van der Waals surface area contributed by atoms with E-state index in [2.05, 4.69) is 9.97 Å². The monoisotopic (exact) mass is 474 g/mol. The summed E-state index contributed by atoms with van der Waals surface area (Å²) in [4.78, 5) is 16.6. The topological polar surface area (TPSA) is 103 Å². The number of aromatic nitrogens is 3. The Labute approximate surface area is 184 Å². The van der Waals surface area contributed by atoms with Crippen molar-refractivity contribution in [3.05, 3.63) is 86.0 Å². The number of thioether (sulfide) groups is 1. The van der Waals surface area contributed by atoms with Crippen LogP contribution in [0.5, 0.6) is 0 Å². The molecule has 0 unspecified atom stereocenters. The summed E-state index contributed by atoms with van der Waals surface area (Å²) in [6.07, 6.45) is 8.56. The van der Waals surface area contributed by atoms with E-state index in [4.69, 9.17) is 54.9 Å². The number of ether oxygens (including phenoxy) is 1. The van der Waals surface area contributed by atoms with Crippen LogP contribution in [0.2, 0.25) is 15.1 Å². The van der Waals surface area contributed by atoms with Gasteiger partial charge in [0, 0.05) is 29.2 Å². The number of nitrogens with zero attached hydrogens (tertiary/aromatic N) is 4. The van der Waals surface area contributed by atoms with Crippen LogP contribution in [0.15, 0.2) is 60.3 Å². The lowest BCUT2D eigenvalue weighted by molar-refractivity contribution is -0.742. The van der Waals surface area contributed by atoms with E-state index in [1.165, 1.54) is 11.8 Å². The molecule has 0 amide bonds. The summed E-state index contributed by atoms with van der Waals surface area (Å²) in [5, 5.41) is 16.1. The molecule has 0 saturated heterocycles. The summed E-state index contributed by atoms with van der Waals surface area (Å²) in [6, 6.07) is 8.89. The fraction of sp³-hybridized carbons (Fsp3) is 0.0588. The quantitative estimate of drug-likeness (QED) is 0.162. The molecule has 1 N–H and O–H groups in total. The molecule has 152 valence electrons. The Balaban J connectivity index is 0.000000687. The summed E-state index contributed by atoms with van der Waals surface area (Å²) in [5.41, 5.74) is 0.740. The summed E-state index contributed by atoms with van der Waals surface area (Å²) >= 11 is 19.6. The van der Waals surface area contributed by atoms with E-state index in [-0.39, 0.29) is 0 Å². The molecule has 0 bridgehead atoms. The van der Waals surface area contributed by atoms with E-state index >= 15 is 0 Å². The minimum absolute atomic E-state index is 0.355. The molecule has 0 saturated carbocycles. The van der Waals surface area contributed by atoms with Crippen LogP contribution in [0.3, 0.4) is 0 Å². The van der Waals surface area contributed by atoms with Gasteiger partial charge in [-0.2, -0.15) is 0 Å². The van der Waals surface area contributed by atoms with Gasteiger partial charge in [-0.15, -0.1) is 10.1 Å². The zero-order valence-corrected chi connectivity index (χ0v) is 17.6. The summed E-state index contributed by atoms with van der Waals surface area (Å²) in [5.74, 6) is 0.954. The van der Waals surface area contributed by atoms with Gasteiger partial charge >= 0.3 is 0 Å². The van der Waals surface area contributed by atoms with E-state index in [0.29, 0.717) is 26.8 Å². The number of rotatable bonds is 6. The third-order valence-electron chi connectivity index (χ3n) is 3.11. The molecule has 0 aliphatic carbocycles. The molecule has 0 fully saturated rings. The van der Waals surface area contributed by atoms with Crippen molar-refractivity contribution in [2.45, 2.75) is 5.03 Å². The van der Waals surface area contributed by atoms with Crippen LogP contribution < -0.4 is 0 Å². The van der Waals surface area contributed by atoms with E-state index in [9.17, 15) is 0 Å². The van der Waals surface area contributed by atoms with Crippen molar-refractivity contribution in [1.29, 1.82) is 0 Å². The predicted molar refractivity (Wildman–Crippen MR) is 113 cm³/mol. The number of hydrogen-bond acceptors (Lipinski definition) is 6. The SMILES string of the molecule is Clc1ccc(SCOC(=Cn2ccnc2)c2ccc(Cl)cc2Cl)nc1.O=[N+]([O-])O. The first-order chi connectivity index (χ1) is 13.8. The number of benzene rings is 1. The highest BCUT2D eigenvalue weighted by atomic mass is 35.5. The summed E-state index contributed by atoms with van der Waals surface area (Å²) < 4.78 is 7.71. The van der Waals surface area contributed by atoms with Crippen LogP contribution in [-0.2, 0) is 4.74 Å². The maximum Gasteiger partial charge on any atom is 0.291 e. The lowest BCUT2D eigenvalue weighted by Crippen LogP contribution is -1.96. The number of hydrogen-bond donors (Lipinski definition) is 1. The standard InChI is InChI=1S/C17H12Cl3N3OS.HNO3/c18-12-1-3-14(15(20)7-12)16(9-23-6-5-21-10-23)24-11-25-17-4-2-13(19)8-22-17;2-1(3)4/h1-10H,11H2;(H,2,3,4). The highest BCUT2D eigenvalue weighted by Crippen LogP contribution is 2.30. The van der Waals surface area contributed by atoms with Gasteiger partial charge in [0.05, 0.1) is 27.6 Å². The van der Waals surface area contributed by atoms with Crippen molar-refractivity contribution in [2.24, 2.45) is 0 Å². The minimum atomic E-state index is -1.50. The molecule has 12 heteroatoms. The number of halogens is 3. The maximum absolute atomic E-state index is 8.36. The molecule has 8 nitrogen and oxygen atoms in total. The molecule has 1 aromatic carbocycles. The normalized spacial score (nSPS) is 10.8. The molecule has 29 heavy (non-hydrogen) atoms. The van der Waals surface area contributed by atoms with Crippen molar-refractivity contribution >= 4 is 58.5 Å². The van der Waals surface area contributed by atoms with E-state index in [1.807, 2.05) is 12.1 Å². The van der Waals surface area contributed by atoms with Gasteiger partial charge in [-0.25, -0.2) is 9.97 Å². The molecule has 3 rings (SSSR count). The van der Waals surface area contributed by atoms with Crippen molar-refractivity contribution in [3.63, 3.8) is 0 Å². The molecule has 2 heterocycles.